The number of aliphatic hydroxyl groups excluding tert-OH is 2. The van der Waals surface area contributed by atoms with E-state index in [2.05, 4.69) is 5.32 Å². The lowest BCUT2D eigenvalue weighted by Gasteiger charge is -2.27. The van der Waals surface area contributed by atoms with Crippen LogP contribution in [0.1, 0.15) is 27.9 Å². The summed E-state index contributed by atoms with van der Waals surface area (Å²) in [5, 5.41) is 21.8. The van der Waals surface area contributed by atoms with Gasteiger partial charge in [0.25, 0.3) is 5.56 Å². The summed E-state index contributed by atoms with van der Waals surface area (Å²) < 4.78 is 30.7. The SMILES string of the molecule is O=C(CO)NCCn1c2c(c(=O)n1Cc1ccc(Cl)cc1CO)CN(Cc1cc(F)cc(F)c1)CC2. The van der Waals surface area contributed by atoms with E-state index in [1.54, 1.807) is 22.9 Å². The molecular formula is C25H27ClF2N4O4. The van der Waals surface area contributed by atoms with Crippen molar-refractivity contribution in [3.8, 4) is 0 Å². The third kappa shape index (κ3) is 5.84. The molecule has 4 rings (SSSR count). The van der Waals surface area contributed by atoms with Gasteiger partial charge in [-0.1, -0.05) is 17.7 Å². The molecule has 0 spiro atoms. The summed E-state index contributed by atoms with van der Waals surface area (Å²) in [6.45, 7) is 0.981. The van der Waals surface area contributed by atoms with E-state index in [1.165, 1.54) is 12.1 Å². The highest BCUT2D eigenvalue weighted by atomic mass is 35.5. The van der Waals surface area contributed by atoms with Crippen LogP contribution in [0.5, 0.6) is 0 Å². The number of aromatic nitrogens is 2. The van der Waals surface area contributed by atoms with Crippen LogP contribution >= 0.6 is 11.6 Å². The second kappa shape index (κ2) is 11.3. The van der Waals surface area contributed by atoms with E-state index in [0.717, 1.165) is 17.3 Å². The number of hydrogen-bond acceptors (Lipinski definition) is 5. The number of nitrogens with zero attached hydrogens (tertiary/aromatic N) is 3. The van der Waals surface area contributed by atoms with Gasteiger partial charge in [0.2, 0.25) is 5.91 Å². The largest absolute Gasteiger partial charge is 0.392 e. The van der Waals surface area contributed by atoms with E-state index in [1.807, 2.05) is 9.58 Å². The molecule has 3 aromatic rings. The van der Waals surface area contributed by atoms with Crippen LogP contribution in [0.15, 0.2) is 41.2 Å². The number of rotatable bonds is 9. The second-order valence-corrected chi connectivity index (χ2v) is 9.17. The first-order valence-corrected chi connectivity index (χ1v) is 11.9. The number of halogens is 3. The Balaban J connectivity index is 1.65. The molecule has 2 aromatic carbocycles. The number of benzene rings is 2. The Bertz CT molecular complexity index is 1300. The van der Waals surface area contributed by atoms with Crippen molar-refractivity contribution in [3.05, 3.63) is 91.4 Å². The number of amides is 1. The zero-order valence-corrected chi connectivity index (χ0v) is 20.3. The van der Waals surface area contributed by atoms with Gasteiger partial charge in [-0.05, 0) is 41.0 Å². The summed E-state index contributed by atoms with van der Waals surface area (Å²) in [4.78, 5) is 27.0. The molecule has 0 radical (unpaired) electrons. The predicted octanol–water partition coefficient (Wildman–Crippen LogP) is 1.79. The molecule has 36 heavy (non-hydrogen) atoms. The van der Waals surface area contributed by atoms with Crippen molar-refractivity contribution >= 4 is 17.5 Å². The summed E-state index contributed by atoms with van der Waals surface area (Å²) in [6, 6.07) is 8.48. The summed E-state index contributed by atoms with van der Waals surface area (Å²) >= 11 is 6.06. The van der Waals surface area contributed by atoms with Gasteiger partial charge in [0.05, 0.1) is 25.3 Å². The first kappa shape index (κ1) is 26.0. The van der Waals surface area contributed by atoms with E-state index in [0.29, 0.717) is 47.8 Å². The van der Waals surface area contributed by atoms with Crippen LogP contribution in [0.25, 0.3) is 0 Å². The van der Waals surface area contributed by atoms with Gasteiger partial charge in [-0.2, -0.15) is 0 Å². The predicted molar refractivity (Wildman–Crippen MR) is 129 cm³/mol. The highest BCUT2D eigenvalue weighted by Gasteiger charge is 2.27. The molecule has 1 amide bonds. The molecule has 0 atom stereocenters. The van der Waals surface area contributed by atoms with Crippen LogP contribution in [0, 0.1) is 11.6 Å². The lowest BCUT2D eigenvalue weighted by atomic mass is 10.1. The quantitative estimate of drug-likeness (QED) is 0.399. The number of nitrogens with one attached hydrogen (secondary N) is 1. The van der Waals surface area contributed by atoms with Crippen molar-refractivity contribution in [1.29, 1.82) is 0 Å². The van der Waals surface area contributed by atoms with E-state index in [4.69, 9.17) is 16.7 Å². The molecule has 0 saturated carbocycles. The standard InChI is InChI=1S/C25H27ClF2N4O4/c26-19-2-1-17(18(9-19)14-33)12-32-25(36)22-13-30(11-16-7-20(27)10-21(28)8-16)5-3-23(22)31(32)6-4-29-24(35)15-34/h1-2,7-10,33-34H,3-6,11-15H2,(H,29,35). The van der Waals surface area contributed by atoms with Crippen LogP contribution in [0.4, 0.5) is 8.78 Å². The maximum absolute atomic E-state index is 13.6. The highest BCUT2D eigenvalue weighted by molar-refractivity contribution is 6.30. The zero-order valence-electron chi connectivity index (χ0n) is 19.5. The van der Waals surface area contributed by atoms with Crippen LogP contribution in [0.3, 0.4) is 0 Å². The van der Waals surface area contributed by atoms with Gasteiger partial charge in [-0.15, -0.1) is 0 Å². The molecule has 11 heteroatoms. The fourth-order valence-corrected chi connectivity index (χ4v) is 4.81. The van der Waals surface area contributed by atoms with Gasteiger partial charge >= 0.3 is 0 Å². The summed E-state index contributed by atoms with van der Waals surface area (Å²) in [6.07, 6.45) is 0.525. The number of hydrogen-bond donors (Lipinski definition) is 3. The molecule has 192 valence electrons. The molecule has 2 heterocycles. The first-order valence-electron chi connectivity index (χ1n) is 11.5. The Hall–Kier alpha value is -3.05. The minimum absolute atomic E-state index is 0.182. The molecule has 0 aliphatic carbocycles. The molecule has 1 aliphatic heterocycles. The first-order chi connectivity index (χ1) is 17.3. The lowest BCUT2D eigenvalue weighted by molar-refractivity contribution is -0.123. The average Bonchev–Trinajstić information content (AvgIpc) is 3.09. The smallest absolute Gasteiger partial charge is 0.271 e. The molecule has 1 aliphatic rings. The van der Waals surface area contributed by atoms with Crippen LogP contribution in [-0.4, -0.2) is 50.1 Å². The summed E-state index contributed by atoms with van der Waals surface area (Å²) in [5.74, 6) is -1.81. The monoisotopic (exact) mass is 520 g/mol. The van der Waals surface area contributed by atoms with Crippen molar-refractivity contribution in [3.63, 3.8) is 0 Å². The maximum atomic E-state index is 13.6. The van der Waals surface area contributed by atoms with Gasteiger partial charge in [0.15, 0.2) is 0 Å². The Morgan fingerprint density at radius 1 is 1.03 bits per heavy atom. The second-order valence-electron chi connectivity index (χ2n) is 8.73. The Morgan fingerprint density at radius 3 is 2.47 bits per heavy atom. The van der Waals surface area contributed by atoms with Gasteiger partial charge in [0.1, 0.15) is 18.2 Å². The molecular weight excluding hydrogens is 494 g/mol. The van der Waals surface area contributed by atoms with Crippen molar-refractivity contribution in [2.24, 2.45) is 0 Å². The lowest BCUT2D eigenvalue weighted by Crippen LogP contribution is -2.33. The van der Waals surface area contributed by atoms with Crippen molar-refractivity contribution in [2.75, 3.05) is 19.7 Å². The minimum Gasteiger partial charge on any atom is -0.392 e. The fourth-order valence-electron chi connectivity index (χ4n) is 4.62. The fraction of sp³-hybridized carbons (Fsp3) is 0.360. The topological polar surface area (TPSA) is 99.7 Å². The number of carbonyl (C=O) groups excluding carboxylic acids is 1. The number of aliphatic hydroxyl groups is 2. The van der Waals surface area contributed by atoms with E-state index in [9.17, 15) is 23.5 Å². The number of fused-ring (bicyclic) bond motifs is 1. The van der Waals surface area contributed by atoms with E-state index in [-0.39, 0.29) is 31.8 Å². The summed E-state index contributed by atoms with van der Waals surface area (Å²) in [5.41, 5.74) is 2.99. The van der Waals surface area contributed by atoms with Gasteiger partial charge in [0, 0.05) is 49.4 Å². The van der Waals surface area contributed by atoms with Crippen molar-refractivity contribution in [1.82, 2.24) is 19.6 Å². The minimum atomic E-state index is -0.649. The van der Waals surface area contributed by atoms with Gasteiger partial charge in [-0.3, -0.25) is 19.2 Å². The van der Waals surface area contributed by atoms with E-state index < -0.39 is 24.1 Å². The van der Waals surface area contributed by atoms with Gasteiger partial charge in [-0.25, -0.2) is 13.5 Å². The normalized spacial score (nSPS) is 13.6. The number of carbonyl (C=O) groups is 1. The highest BCUT2D eigenvalue weighted by Crippen LogP contribution is 2.22. The summed E-state index contributed by atoms with van der Waals surface area (Å²) in [7, 11) is 0. The molecule has 3 N–H and O–H groups in total. The zero-order chi connectivity index (χ0) is 25.8. The third-order valence-corrected chi connectivity index (χ3v) is 6.50. The molecule has 0 fully saturated rings. The Labute approximate surface area is 211 Å². The van der Waals surface area contributed by atoms with Crippen molar-refractivity contribution < 1.29 is 23.8 Å². The van der Waals surface area contributed by atoms with Crippen LogP contribution < -0.4 is 10.9 Å². The molecule has 0 bridgehead atoms. The van der Waals surface area contributed by atoms with Crippen LogP contribution in [-0.2, 0) is 44.0 Å². The Morgan fingerprint density at radius 2 is 1.78 bits per heavy atom. The Kier molecular flexibility index (Phi) is 8.20. The maximum Gasteiger partial charge on any atom is 0.271 e. The van der Waals surface area contributed by atoms with Crippen molar-refractivity contribution in [2.45, 2.75) is 39.2 Å². The molecule has 8 nitrogen and oxygen atoms in total. The molecule has 1 aromatic heterocycles. The molecule has 0 saturated heterocycles. The third-order valence-electron chi connectivity index (χ3n) is 6.27. The average molecular weight is 521 g/mol. The van der Waals surface area contributed by atoms with Crippen LogP contribution in [0.2, 0.25) is 5.02 Å². The van der Waals surface area contributed by atoms with E-state index >= 15 is 0 Å². The van der Waals surface area contributed by atoms with Gasteiger partial charge < -0.3 is 15.5 Å². The molecule has 0 unspecified atom stereocenters.